The first-order chi connectivity index (χ1) is 13.1. The van der Waals surface area contributed by atoms with E-state index in [4.69, 9.17) is 23.2 Å². The third kappa shape index (κ3) is 3.25. The second-order valence-electron chi connectivity index (χ2n) is 5.81. The molecule has 0 saturated heterocycles. The Morgan fingerprint density at radius 3 is 2.57 bits per heavy atom. The van der Waals surface area contributed by atoms with Crippen molar-refractivity contribution in [1.29, 1.82) is 0 Å². The number of carbonyl (C=O) groups excluding carboxylic acids is 1. The van der Waals surface area contributed by atoms with Crippen LogP contribution in [0.3, 0.4) is 0 Å². The van der Waals surface area contributed by atoms with Crippen molar-refractivity contribution in [3.8, 4) is 0 Å². The molecule has 2 aromatic heterocycles. The Morgan fingerprint density at radius 1 is 1.25 bits per heavy atom. The van der Waals surface area contributed by atoms with E-state index >= 15 is 0 Å². The SMILES string of the molecule is Cn1c(=O)c2c(nc(Cl)n2CC(=O)Nc2cc([N+](=O)[O-])ccc2Cl)n(C)c1=O. The molecule has 0 saturated carbocycles. The van der Waals surface area contributed by atoms with E-state index in [0.717, 1.165) is 19.8 Å². The summed E-state index contributed by atoms with van der Waals surface area (Å²) in [7, 11) is 2.71. The second-order valence-corrected chi connectivity index (χ2v) is 6.56. The van der Waals surface area contributed by atoms with Gasteiger partial charge >= 0.3 is 5.69 Å². The van der Waals surface area contributed by atoms with E-state index in [2.05, 4.69) is 10.3 Å². The van der Waals surface area contributed by atoms with Gasteiger partial charge in [-0.15, -0.1) is 0 Å². The Kier molecular flexibility index (Phi) is 4.96. The van der Waals surface area contributed by atoms with Crippen LogP contribution in [0.5, 0.6) is 0 Å². The standard InChI is InChI=1S/C15H12Cl2N6O5/c1-20-12-11(13(25)21(2)15(20)26)22(14(17)19-12)6-10(24)18-9-5-7(23(27)28)3-4-8(9)16/h3-5H,6H2,1-2H3,(H,18,24). The molecule has 28 heavy (non-hydrogen) atoms. The zero-order valence-corrected chi connectivity index (χ0v) is 16.0. The van der Waals surface area contributed by atoms with E-state index in [1.54, 1.807) is 0 Å². The number of nitrogens with zero attached hydrogens (tertiary/aromatic N) is 5. The summed E-state index contributed by atoms with van der Waals surface area (Å²) in [6, 6.07) is 3.58. The molecule has 13 heteroatoms. The van der Waals surface area contributed by atoms with Gasteiger partial charge in [-0.25, -0.2) is 4.79 Å². The average molecular weight is 427 g/mol. The number of anilines is 1. The lowest BCUT2D eigenvalue weighted by Gasteiger charge is -2.09. The predicted octanol–water partition coefficient (Wildman–Crippen LogP) is 1.29. The molecule has 0 aliphatic carbocycles. The minimum atomic E-state index is -0.668. The Hall–Kier alpha value is -3.18. The highest BCUT2D eigenvalue weighted by Crippen LogP contribution is 2.27. The van der Waals surface area contributed by atoms with E-state index in [0.29, 0.717) is 0 Å². The van der Waals surface area contributed by atoms with Gasteiger partial charge in [0, 0.05) is 26.2 Å². The number of nitrogens with one attached hydrogen (secondary N) is 1. The summed E-state index contributed by atoms with van der Waals surface area (Å²) in [6.07, 6.45) is 0. The first-order valence-corrected chi connectivity index (χ1v) is 8.43. The number of rotatable bonds is 4. The van der Waals surface area contributed by atoms with Crippen molar-refractivity contribution in [3.63, 3.8) is 0 Å². The molecule has 0 spiro atoms. The molecule has 3 rings (SSSR count). The first-order valence-electron chi connectivity index (χ1n) is 7.67. The van der Waals surface area contributed by atoms with Crippen LogP contribution in [0.25, 0.3) is 11.2 Å². The molecular formula is C15H12Cl2N6O5. The van der Waals surface area contributed by atoms with E-state index in [1.807, 2.05) is 0 Å². The summed E-state index contributed by atoms with van der Waals surface area (Å²) in [5, 5.41) is 13.2. The number of aryl methyl sites for hydroxylation is 1. The van der Waals surface area contributed by atoms with Crippen molar-refractivity contribution in [3.05, 3.63) is 59.5 Å². The number of aromatic nitrogens is 4. The van der Waals surface area contributed by atoms with Gasteiger partial charge in [-0.2, -0.15) is 4.98 Å². The van der Waals surface area contributed by atoms with Crippen LogP contribution in [0.2, 0.25) is 10.3 Å². The summed E-state index contributed by atoms with van der Waals surface area (Å²) in [5.41, 5.74) is -1.49. The number of halogens is 2. The van der Waals surface area contributed by atoms with Crippen molar-refractivity contribution in [2.75, 3.05) is 5.32 Å². The zero-order valence-electron chi connectivity index (χ0n) is 14.5. The van der Waals surface area contributed by atoms with Crippen LogP contribution in [0.15, 0.2) is 27.8 Å². The number of nitro benzene ring substituents is 1. The van der Waals surface area contributed by atoms with E-state index in [-0.39, 0.29) is 32.8 Å². The van der Waals surface area contributed by atoms with E-state index < -0.39 is 28.6 Å². The van der Waals surface area contributed by atoms with Gasteiger partial charge in [-0.05, 0) is 17.7 Å². The van der Waals surface area contributed by atoms with Crippen molar-refractivity contribution >= 4 is 51.6 Å². The molecular weight excluding hydrogens is 415 g/mol. The van der Waals surface area contributed by atoms with Crippen LogP contribution in [-0.2, 0) is 25.4 Å². The summed E-state index contributed by atoms with van der Waals surface area (Å²) in [6.45, 7) is -0.429. The quantitative estimate of drug-likeness (QED) is 0.379. The summed E-state index contributed by atoms with van der Waals surface area (Å²) < 4.78 is 3.14. The molecule has 0 aliphatic heterocycles. The monoisotopic (exact) mass is 426 g/mol. The zero-order chi connectivity index (χ0) is 20.7. The van der Waals surface area contributed by atoms with E-state index in [9.17, 15) is 24.5 Å². The number of hydrogen-bond donors (Lipinski definition) is 1. The molecule has 0 bridgehead atoms. The maximum atomic E-state index is 12.5. The highest BCUT2D eigenvalue weighted by molar-refractivity contribution is 6.33. The number of benzene rings is 1. The normalized spacial score (nSPS) is 11.0. The predicted molar refractivity (Wildman–Crippen MR) is 102 cm³/mol. The second kappa shape index (κ2) is 7.09. The van der Waals surface area contributed by atoms with Gasteiger partial charge in [-0.1, -0.05) is 11.6 Å². The number of amides is 1. The Balaban J connectivity index is 2.00. The summed E-state index contributed by atoms with van der Waals surface area (Å²) in [5.74, 6) is -0.653. The van der Waals surface area contributed by atoms with Crippen molar-refractivity contribution in [2.24, 2.45) is 14.1 Å². The number of fused-ring (bicyclic) bond motifs is 1. The molecule has 1 N–H and O–H groups in total. The van der Waals surface area contributed by atoms with Crippen molar-refractivity contribution in [1.82, 2.24) is 18.7 Å². The molecule has 1 aromatic carbocycles. The fraction of sp³-hybridized carbons (Fsp3) is 0.200. The number of imidazole rings is 1. The largest absolute Gasteiger partial charge is 0.332 e. The van der Waals surface area contributed by atoms with Crippen LogP contribution >= 0.6 is 23.2 Å². The first kappa shape index (κ1) is 19.6. The van der Waals surface area contributed by atoms with Gasteiger partial charge in [0.15, 0.2) is 11.2 Å². The van der Waals surface area contributed by atoms with Gasteiger partial charge in [0.1, 0.15) is 6.54 Å². The van der Waals surface area contributed by atoms with Crippen molar-refractivity contribution < 1.29 is 9.72 Å². The number of non-ortho nitro benzene ring substituents is 1. The molecule has 3 aromatic rings. The molecule has 0 unspecified atom stereocenters. The fourth-order valence-corrected chi connectivity index (χ4v) is 3.01. The molecule has 0 radical (unpaired) electrons. The lowest BCUT2D eigenvalue weighted by molar-refractivity contribution is -0.384. The number of carbonyl (C=O) groups is 1. The molecule has 11 nitrogen and oxygen atoms in total. The van der Waals surface area contributed by atoms with Crippen LogP contribution in [-0.4, -0.2) is 29.5 Å². The van der Waals surface area contributed by atoms with Gasteiger partial charge in [-0.3, -0.25) is 33.4 Å². The molecule has 146 valence electrons. The topological polar surface area (TPSA) is 134 Å². The minimum absolute atomic E-state index is 0.0271. The van der Waals surface area contributed by atoms with Gasteiger partial charge in [0.25, 0.3) is 11.2 Å². The summed E-state index contributed by atoms with van der Waals surface area (Å²) >= 11 is 12.0. The lowest BCUT2D eigenvalue weighted by Crippen LogP contribution is -2.37. The maximum absolute atomic E-state index is 12.5. The Bertz CT molecular complexity index is 1260. The average Bonchev–Trinajstić information content (AvgIpc) is 2.96. The van der Waals surface area contributed by atoms with Gasteiger partial charge < -0.3 is 5.32 Å². The molecule has 2 heterocycles. The number of hydrogen-bond acceptors (Lipinski definition) is 6. The Labute approximate surface area is 165 Å². The maximum Gasteiger partial charge on any atom is 0.332 e. The molecule has 0 atom stereocenters. The third-order valence-corrected chi connectivity index (χ3v) is 4.66. The van der Waals surface area contributed by atoms with E-state index in [1.165, 1.54) is 26.2 Å². The highest BCUT2D eigenvalue weighted by Gasteiger charge is 2.20. The van der Waals surface area contributed by atoms with Gasteiger partial charge in [0.05, 0.1) is 15.6 Å². The number of nitro groups is 1. The lowest BCUT2D eigenvalue weighted by atomic mass is 10.2. The Morgan fingerprint density at radius 2 is 1.93 bits per heavy atom. The van der Waals surface area contributed by atoms with Gasteiger partial charge in [0.2, 0.25) is 11.2 Å². The third-order valence-electron chi connectivity index (χ3n) is 4.04. The summed E-state index contributed by atoms with van der Waals surface area (Å²) in [4.78, 5) is 51.1. The smallest absolute Gasteiger partial charge is 0.323 e. The molecule has 0 fully saturated rings. The van der Waals surface area contributed by atoms with Crippen LogP contribution in [0.1, 0.15) is 0 Å². The van der Waals surface area contributed by atoms with Crippen LogP contribution in [0, 0.1) is 10.1 Å². The fourth-order valence-electron chi connectivity index (χ4n) is 2.62. The molecule has 1 amide bonds. The minimum Gasteiger partial charge on any atom is -0.323 e. The van der Waals surface area contributed by atoms with Crippen LogP contribution < -0.4 is 16.6 Å². The van der Waals surface area contributed by atoms with Crippen LogP contribution in [0.4, 0.5) is 11.4 Å². The molecule has 0 aliphatic rings. The highest BCUT2D eigenvalue weighted by atomic mass is 35.5. The van der Waals surface area contributed by atoms with Crippen molar-refractivity contribution in [2.45, 2.75) is 6.54 Å².